The number of carbonyl (C=O) groups excluding carboxylic acids is 2. The van der Waals surface area contributed by atoms with Gasteiger partial charge in [0.15, 0.2) is 0 Å². The van der Waals surface area contributed by atoms with E-state index in [4.69, 9.17) is 0 Å². The molecule has 1 unspecified atom stereocenters. The summed E-state index contributed by atoms with van der Waals surface area (Å²) in [5, 5.41) is 13.8. The zero-order valence-electron chi connectivity index (χ0n) is 16.8. The van der Waals surface area contributed by atoms with Gasteiger partial charge in [0.2, 0.25) is 5.91 Å². The molecule has 1 fully saturated rings. The van der Waals surface area contributed by atoms with Crippen molar-refractivity contribution in [3.63, 3.8) is 0 Å². The average Bonchev–Trinajstić information content (AvgIpc) is 2.73. The summed E-state index contributed by atoms with van der Waals surface area (Å²) in [7, 11) is 0. The molecule has 1 aliphatic rings. The van der Waals surface area contributed by atoms with Crippen LogP contribution in [0.3, 0.4) is 0 Å². The Morgan fingerprint density at radius 1 is 1.13 bits per heavy atom. The standard InChI is InChI=1S/C21H23FN4O4/c1-14-18(7-4-8-19(14)26(29)30)21(28)25-11-9-24(10-12-25)15(2)20(27)23-17-6-3-5-16(22)13-17/h3-8,13,15H,9-12H2,1-2H3,(H,23,27). The van der Waals surface area contributed by atoms with Gasteiger partial charge >= 0.3 is 0 Å². The van der Waals surface area contributed by atoms with Crippen molar-refractivity contribution in [2.24, 2.45) is 0 Å². The van der Waals surface area contributed by atoms with Gasteiger partial charge in [-0.1, -0.05) is 12.1 Å². The van der Waals surface area contributed by atoms with E-state index in [1.165, 1.54) is 30.3 Å². The lowest BCUT2D eigenvalue weighted by Crippen LogP contribution is -2.54. The summed E-state index contributed by atoms with van der Waals surface area (Å²) in [6.45, 7) is 5.10. The normalized spacial score (nSPS) is 15.5. The number of benzene rings is 2. The molecule has 0 saturated carbocycles. The number of hydrogen-bond donors (Lipinski definition) is 1. The summed E-state index contributed by atoms with van der Waals surface area (Å²) in [6.07, 6.45) is 0. The van der Waals surface area contributed by atoms with Crippen LogP contribution in [-0.4, -0.2) is 58.8 Å². The van der Waals surface area contributed by atoms with E-state index in [0.717, 1.165) is 0 Å². The van der Waals surface area contributed by atoms with Crippen LogP contribution < -0.4 is 5.32 Å². The third-order valence-electron chi connectivity index (χ3n) is 5.35. The molecule has 0 radical (unpaired) electrons. The number of nitro benzene ring substituents is 1. The number of nitrogens with one attached hydrogen (secondary N) is 1. The van der Waals surface area contributed by atoms with Gasteiger partial charge in [-0.25, -0.2) is 4.39 Å². The molecule has 2 aromatic rings. The molecule has 2 amide bonds. The second-order valence-corrected chi connectivity index (χ2v) is 7.21. The number of piperazine rings is 1. The maximum absolute atomic E-state index is 13.3. The van der Waals surface area contributed by atoms with Gasteiger partial charge in [0.25, 0.3) is 11.6 Å². The molecule has 0 spiro atoms. The number of halogens is 1. The smallest absolute Gasteiger partial charge is 0.273 e. The molecule has 0 aromatic heterocycles. The summed E-state index contributed by atoms with van der Waals surface area (Å²) in [5.74, 6) is -0.938. The van der Waals surface area contributed by atoms with Gasteiger partial charge in [0, 0.05) is 49.1 Å². The van der Waals surface area contributed by atoms with Crippen LogP contribution in [0, 0.1) is 22.9 Å². The van der Waals surface area contributed by atoms with Crippen molar-refractivity contribution in [2.45, 2.75) is 19.9 Å². The van der Waals surface area contributed by atoms with Gasteiger partial charge in [-0.3, -0.25) is 24.6 Å². The summed E-state index contributed by atoms with van der Waals surface area (Å²) in [4.78, 5) is 39.5. The van der Waals surface area contributed by atoms with E-state index in [1.54, 1.807) is 30.9 Å². The zero-order valence-corrected chi connectivity index (χ0v) is 16.8. The van der Waals surface area contributed by atoms with Crippen molar-refractivity contribution in [1.29, 1.82) is 0 Å². The highest BCUT2D eigenvalue weighted by atomic mass is 19.1. The maximum atomic E-state index is 13.3. The van der Waals surface area contributed by atoms with Gasteiger partial charge in [-0.05, 0) is 38.1 Å². The highest BCUT2D eigenvalue weighted by Crippen LogP contribution is 2.23. The number of rotatable bonds is 5. The first kappa shape index (κ1) is 21.4. The molecule has 1 aliphatic heterocycles. The van der Waals surface area contributed by atoms with Crippen molar-refractivity contribution in [2.75, 3.05) is 31.5 Å². The van der Waals surface area contributed by atoms with E-state index >= 15 is 0 Å². The predicted molar refractivity (Wildman–Crippen MR) is 110 cm³/mol. The van der Waals surface area contributed by atoms with Crippen LogP contribution in [0.25, 0.3) is 0 Å². The third-order valence-corrected chi connectivity index (χ3v) is 5.35. The van der Waals surface area contributed by atoms with E-state index in [0.29, 0.717) is 43.0 Å². The molecule has 1 saturated heterocycles. The first-order valence-electron chi connectivity index (χ1n) is 9.61. The fraction of sp³-hybridized carbons (Fsp3) is 0.333. The Hall–Kier alpha value is -3.33. The minimum Gasteiger partial charge on any atom is -0.336 e. The molecule has 3 rings (SSSR count). The SMILES string of the molecule is Cc1c(C(=O)N2CCN(C(C)C(=O)Nc3cccc(F)c3)CC2)cccc1[N+](=O)[O-]. The van der Waals surface area contributed by atoms with Gasteiger partial charge in [0.05, 0.1) is 11.0 Å². The van der Waals surface area contributed by atoms with Crippen molar-refractivity contribution in [3.05, 3.63) is 69.5 Å². The zero-order chi connectivity index (χ0) is 21.8. The van der Waals surface area contributed by atoms with Crippen LogP contribution >= 0.6 is 0 Å². The van der Waals surface area contributed by atoms with E-state index in [1.807, 2.05) is 4.90 Å². The Balaban J connectivity index is 1.60. The molecule has 158 valence electrons. The largest absolute Gasteiger partial charge is 0.336 e. The lowest BCUT2D eigenvalue weighted by atomic mass is 10.0. The fourth-order valence-corrected chi connectivity index (χ4v) is 3.51. The van der Waals surface area contributed by atoms with Crippen molar-refractivity contribution in [1.82, 2.24) is 9.80 Å². The molecule has 0 bridgehead atoms. The summed E-state index contributed by atoms with van der Waals surface area (Å²) in [6, 6.07) is 9.72. The van der Waals surface area contributed by atoms with E-state index in [9.17, 15) is 24.1 Å². The van der Waals surface area contributed by atoms with Crippen LogP contribution in [0.2, 0.25) is 0 Å². The number of anilines is 1. The second kappa shape index (κ2) is 9.00. The number of nitrogens with zero attached hydrogens (tertiary/aromatic N) is 3. The Kier molecular flexibility index (Phi) is 6.41. The Bertz CT molecular complexity index is 973. The lowest BCUT2D eigenvalue weighted by Gasteiger charge is -2.37. The quantitative estimate of drug-likeness (QED) is 0.600. The topological polar surface area (TPSA) is 95.8 Å². The maximum Gasteiger partial charge on any atom is 0.273 e. The number of carbonyl (C=O) groups is 2. The molecular formula is C21H23FN4O4. The monoisotopic (exact) mass is 414 g/mol. The van der Waals surface area contributed by atoms with Crippen molar-refractivity contribution >= 4 is 23.2 Å². The predicted octanol–water partition coefficient (Wildman–Crippen LogP) is 2.83. The molecule has 0 aliphatic carbocycles. The van der Waals surface area contributed by atoms with E-state index < -0.39 is 16.8 Å². The van der Waals surface area contributed by atoms with Crippen molar-refractivity contribution < 1.29 is 18.9 Å². The van der Waals surface area contributed by atoms with Gasteiger partial charge < -0.3 is 10.2 Å². The van der Waals surface area contributed by atoms with Gasteiger partial charge in [0.1, 0.15) is 5.82 Å². The highest BCUT2D eigenvalue weighted by Gasteiger charge is 2.29. The molecule has 8 nitrogen and oxygen atoms in total. The van der Waals surface area contributed by atoms with Gasteiger partial charge in [-0.15, -0.1) is 0 Å². The van der Waals surface area contributed by atoms with Crippen LogP contribution in [0.4, 0.5) is 15.8 Å². The third kappa shape index (κ3) is 4.62. The van der Waals surface area contributed by atoms with Crippen LogP contribution in [0.1, 0.15) is 22.8 Å². The fourth-order valence-electron chi connectivity index (χ4n) is 3.51. The Morgan fingerprint density at radius 3 is 2.43 bits per heavy atom. The van der Waals surface area contributed by atoms with E-state index in [-0.39, 0.29) is 17.5 Å². The van der Waals surface area contributed by atoms with Crippen LogP contribution in [-0.2, 0) is 4.79 Å². The Morgan fingerprint density at radius 2 is 1.80 bits per heavy atom. The van der Waals surface area contributed by atoms with Gasteiger partial charge in [-0.2, -0.15) is 0 Å². The number of amides is 2. The van der Waals surface area contributed by atoms with E-state index in [2.05, 4.69) is 5.32 Å². The molecule has 1 atom stereocenters. The first-order chi connectivity index (χ1) is 14.3. The lowest BCUT2D eigenvalue weighted by molar-refractivity contribution is -0.385. The second-order valence-electron chi connectivity index (χ2n) is 7.21. The number of nitro groups is 1. The van der Waals surface area contributed by atoms with Crippen LogP contribution in [0.5, 0.6) is 0 Å². The Labute approximate surface area is 173 Å². The summed E-state index contributed by atoms with van der Waals surface area (Å²) in [5.41, 5.74) is 0.969. The average molecular weight is 414 g/mol. The highest BCUT2D eigenvalue weighted by molar-refractivity contribution is 5.97. The molecule has 9 heteroatoms. The molecule has 30 heavy (non-hydrogen) atoms. The minimum absolute atomic E-state index is 0.0814. The van der Waals surface area contributed by atoms with Crippen LogP contribution in [0.15, 0.2) is 42.5 Å². The summed E-state index contributed by atoms with van der Waals surface area (Å²) < 4.78 is 13.3. The molecular weight excluding hydrogens is 391 g/mol. The first-order valence-corrected chi connectivity index (χ1v) is 9.61. The summed E-state index contributed by atoms with van der Waals surface area (Å²) >= 11 is 0. The molecule has 1 N–H and O–H groups in total. The minimum atomic E-state index is -0.497. The molecule has 2 aromatic carbocycles. The number of hydrogen-bond acceptors (Lipinski definition) is 5. The molecule has 1 heterocycles. The van der Waals surface area contributed by atoms with Crippen molar-refractivity contribution in [3.8, 4) is 0 Å².